The second kappa shape index (κ2) is 11.8. The van der Waals surface area contributed by atoms with Crippen molar-refractivity contribution in [3.63, 3.8) is 0 Å². The molecule has 180 valence electrons. The Balaban J connectivity index is 2.00. The van der Waals surface area contributed by atoms with Gasteiger partial charge in [0.1, 0.15) is 12.2 Å². The molecule has 0 atom stereocenters. The van der Waals surface area contributed by atoms with Crippen molar-refractivity contribution in [3.05, 3.63) is 39.3 Å². The molecule has 34 heavy (non-hydrogen) atoms. The van der Waals surface area contributed by atoms with Gasteiger partial charge in [-0.25, -0.2) is 4.98 Å². The third-order valence-corrected chi connectivity index (χ3v) is 6.92. The summed E-state index contributed by atoms with van der Waals surface area (Å²) in [5.74, 6) is -0.689. The lowest BCUT2D eigenvalue weighted by Crippen LogP contribution is -2.31. The molecule has 0 fully saturated rings. The zero-order valence-electron chi connectivity index (χ0n) is 18.7. The van der Waals surface area contributed by atoms with E-state index in [1.807, 2.05) is 11.8 Å². The highest BCUT2D eigenvalue weighted by molar-refractivity contribution is 7.22. The average Bonchev–Trinajstić information content (AvgIpc) is 3.22. The Kier molecular flexibility index (Phi) is 9.07. The van der Waals surface area contributed by atoms with E-state index < -0.39 is 5.97 Å². The van der Waals surface area contributed by atoms with Crippen molar-refractivity contribution < 1.29 is 14.3 Å². The molecule has 1 N–H and O–H groups in total. The van der Waals surface area contributed by atoms with Gasteiger partial charge in [0.2, 0.25) is 11.0 Å². The van der Waals surface area contributed by atoms with Gasteiger partial charge in [-0.1, -0.05) is 59.5 Å². The van der Waals surface area contributed by atoms with Gasteiger partial charge in [-0.05, 0) is 30.7 Å². The minimum atomic E-state index is -0.397. The predicted octanol–water partition coefficient (Wildman–Crippen LogP) is 7.41. The maximum atomic E-state index is 11.9. The van der Waals surface area contributed by atoms with Gasteiger partial charge in [0.15, 0.2) is 0 Å². The van der Waals surface area contributed by atoms with Gasteiger partial charge in [0, 0.05) is 13.5 Å². The molecule has 0 spiro atoms. The summed E-state index contributed by atoms with van der Waals surface area (Å²) in [7, 11) is 1.33. The number of anilines is 2. The summed E-state index contributed by atoms with van der Waals surface area (Å²) in [6.07, 6.45) is 1.77. The summed E-state index contributed by atoms with van der Waals surface area (Å²) < 4.78 is 5.52. The average molecular weight is 543 g/mol. The quantitative estimate of drug-likeness (QED) is 0.224. The van der Waals surface area contributed by atoms with Gasteiger partial charge in [-0.15, -0.1) is 10.2 Å². The van der Waals surface area contributed by atoms with Gasteiger partial charge in [0.05, 0.1) is 43.8 Å². The second-order valence-electron chi connectivity index (χ2n) is 7.26. The highest BCUT2D eigenvalue weighted by Crippen LogP contribution is 2.40. The fourth-order valence-electron chi connectivity index (χ4n) is 3.08. The van der Waals surface area contributed by atoms with Crippen LogP contribution < -0.4 is 10.2 Å². The van der Waals surface area contributed by atoms with Crippen LogP contribution in [0, 0.1) is 0 Å². The molecule has 1 amide bonds. The van der Waals surface area contributed by atoms with Crippen molar-refractivity contribution >= 4 is 90.4 Å². The number of nitrogens with one attached hydrogen (secondary N) is 1. The molecule has 0 unspecified atom stereocenters. The zero-order valence-corrected chi connectivity index (χ0v) is 21.8. The molecule has 0 bridgehead atoms. The number of carbonyl (C=O) groups is 2. The van der Waals surface area contributed by atoms with Gasteiger partial charge >= 0.3 is 5.97 Å². The number of nitrogens with zero attached hydrogens (tertiary/aromatic N) is 4. The van der Waals surface area contributed by atoms with E-state index >= 15 is 0 Å². The van der Waals surface area contributed by atoms with Crippen LogP contribution in [0.25, 0.3) is 10.2 Å². The Hall–Kier alpha value is -2.46. The van der Waals surface area contributed by atoms with Gasteiger partial charge in [0.25, 0.3) is 0 Å². The minimum absolute atomic E-state index is 0.0195. The van der Waals surface area contributed by atoms with Crippen LogP contribution in [0.3, 0.4) is 0 Å². The highest BCUT2D eigenvalue weighted by Gasteiger charge is 2.18. The van der Waals surface area contributed by atoms with Crippen molar-refractivity contribution in [2.45, 2.75) is 26.7 Å². The van der Waals surface area contributed by atoms with Gasteiger partial charge in [-0.3, -0.25) is 9.59 Å². The van der Waals surface area contributed by atoms with Crippen molar-refractivity contribution in [1.82, 2.24) is 4.98 Å². The lowest BCUT2D eigenvalue weighted by atomic mass is 10.2. The van der Waals surface area contributed by atoms with E-state index in [0.29, 0.717) is 54.0 Å². The number of hydrogen-bond donors (Lipinski definition) is 1. The fourth-order valence-corrected chi connectivity index (χ4v) is 4.68. The summed E-state index contributed by atoms with van der Waals surface area (Å²) in [6, 6.07) is 6.67. The number of unbranched alkanes of at least 4 members (excludes halogenated alkanes) is 1. The fraction of sp³-hybridized carbons (Fsp3) is 0.318. The van der Waals surface area contributed by atoms with E-state index in [2.05, 4.69) is 20.5 Å². The van der Waals surface area contributed by atoms with Crippen LogP contribution in [0.5, 0.6) is 0 Å². The first-order valence-corrected chi connectivity index (χ1v) is 12.3. The van der Waals surface area contributed by atoms with E-state index in [0.717, 1.165) is 12.8 Å². The first-order chi connectivity index (χ1) is 16.2. The van der Waals surface area contributed by atoms with E-state index in [1.165, 1.54) is 25.4 Å². The molecule has 2 aromatic carbocycles. The molecule has 1 heterocycles. The number of ether oxygens (including phenoxy) is 1. The topological polar surface area (TPSA) is 96.2 Å². The Morgan fingerprint density at radius 2 is 1.94 bits per heavy atom. The Morgan fingerprint density at radius 1 is 1.18 bits per heavy atom. The van der Waals surface area contributed by atoms with Crippen LogP contribution in [0.2, 0.25) is 15.1 Å². The lowest BCUT2D eigenvalue weighted by Gasteiger charge is -2.25. The predicted molar refractivity (Wildman–Crippen MR) is 139 cm³/mol. The largest absolute Gasteiger partial charge is 0.468 e. The van der Waals surface area contributed by atoms with Crippen LogP contribution in [0.15, 0.2) is 34.5 Å². The monoisotopic (exact) mass is 541 g/mol. The molecule has 3 aromatic rings. The summed E-state index contributed by atoms with van der Waals surface area (Å²) in [6.45, 7) is 4.04. The number of azo groups is 1. The van der Waals surface area contributed by atoms with Gasteiger partial charge < -0.3 is 15.0 Å². The highest BCUT2D eigenvalue weighted by atomic mass is 35.5. The molecule has 1 aromatic heterocycles. The lowest BCUT2D eigenvalue weighted by molar-refractivity contribution is -0.139. The van der Waals surface area contributed by atoms with Crippen LogP contribution in [-0.2, 0) is 14.3 Å². The van der Waals surface area contributed by atoms with E-state index in [-0.39, 0.29) is 12.5 Å². The number of methoxy groups -OCH3 is 1. The molecule has 0 aliphatic carbocycles. The Bertz CT molecular complexity index is 1250. The molecule has 8 nitrogen and oxygen atoms in total. The summed E-state index contributed by atoms with van der Waals surface area (Å²) in [4.78, 5) is 30.0. The van der Waals surface area contributed by atoms with Crippen LogP contribution in [-0.4, -0.2) is 37.1 Å². The molecular weight excluding hydrogens is 521 g/mol. The minimum Gasteiger partial charge on any atom is -0.468 e. The number of thiazole rings is 1. The van der Waals surface area contributed by atoms with E-state index in [9.17, 15) is 9.59 Å². The smallest absolute Gasteiger partial charge is 0.325 e. The number of halogens is 3. The molecule has 0 saturated carbocycles. The van der Waals surface area contributed by atoms with Crippen LogP contribution >= 0.6 is 46.1 Å². The first-order valence-electron chi connectivity index (χ1n) is 10.3. The number of benzene rings is 2. The SMILES string of the molecule is CCCCN(CC(=O)OC)c1cc(NC(C)=O)c(N=Nc2nc3ccc(Cl)c(Cl)c3s2)cc1Cl. The van der Waals surface area contributed by atoms with E-state index in [4.69, 9.17) is 39.5 Å². The third-order valence-electron chi connectivity index (χ3n) is 4.73. The second-order valence-corrected chi connectivity index (χ2v) is 9.43. The van der Waals surface area contributed by atoms with Crippen LogP contribution in [0.4, 0.5) is 22.2 Å². The van der Waals surface area contributed by atoms with Crippen molar-refractivity contribution in [2.75, 3.05) is 30.4 Å². The van der Waals surface area contributed by atoms with Crippen molar-refractivity contribution in [3.8, 4) is 0 Å². The zero-order chi connectivity index (χ0) is 24.8. The molecule has 0 aliphatic heterocycles. The number of rotatable bonds is 9. The van der Waals surface area contributed by atoms with E-state index in [1.54, 1.807) is 24.3 Å². The van der Waals surface area contributed by atoms with Crippen molar-refractivity contribution in [1.29, 1.82) is 0 Å². The third kappa shape index (κ3) is 6.35. The number of esters is 1. The number of carbonyl (C=O) groups excluding carboxylic acids is 2. The number of hydrogen-bond acceptors (Lipinski definition) is 8. The van der Waals surface area contributed by atoms with Crippen LogP contribution in [0.1, 0.15) is 26.7 Å². The summed E-state index contributed by atoms with van der Waals surface area (Å²) in [5.41, 5.74) is 1.95. The number of amides is 1. The molecule has 3 rings (SSSR count). The normalized spacial score (nSPS) is 11.2. The molecule has 0 saturated heterocycles. The maximum Gasteiger partial charge on any atom is 0.325 e. The van der Waals surface area contributed by atoms with Crippen molar-refractivity contribution in [2.24, 2.45) is 10.2 Å². The van der Waals surface area contributed by atoms with Gasteiger partial charge in [-0.2, -0.15) is 0 Å². The molecular formula is C22H22Cl3N5O3S. The molecule has 12 heteroatoms. The first kappa shape index (κ1) is 26.2. The Morgan fingerprint density at radius 3 is 2.62 bits per heavy atom. The standard InChI is InChI=1S/C22H22Cl3N5O3S/c1-4-5-8-30(11-19(32)33-3)18-10-16(26-12(2)31)17(9-14(18)24)28-29-22-27-15-7-6-13(23)20(25)21(15)34-22/h6-7,9-10H,4-5,8,11H2,1-3H3,(H,26,31). The summed E-state index contributed by atoms with van der Waals surface area (Å²) in [5, 5.41) is 12.8. The number of aromatic nitrogens is 1. The summed E-state index contributed by atoms with van der Waals surface area (Å²) >= 11 is 20.1. The molecule has 0 radical (unpaired) electrons. The Labute approximate surface area is 215 Å². The number of fused-ring (bicyclic) bond motifs is 1. The maximum absolute atomic E-state index is 11.9. The molecule has 0 aliphatic rings.